The van der Waals surface area contributed by atoms with Crippen molar-refractivity contribution in [2.75, 3.05) is 39.6 Å². The maximum absolute atomic E-state index is 13.1. The molecule has 94 heavy (non-hydrogen) atoms. The number of rotatable bonds is 74. The molecule has 0 saturated heterocycles. The van der Waals surface area contributed by atoms with Crippen molar-refractivity contribution in [1.29, 1.82) is 0 Å². The van der Waals surface area contributed by atoms with Crippen molar-refractivity contribution in [3.8, 4) is 0 Å². The van der Waals surface area contributed by atoms with Gasteiger partial charge in [0.1, 0.15) is 19.3 Å². The fourth-order valence-corrected chi connectivity index (χ4v) is 13.0. The summed E-state index contributed by atoms with van der Waals surface area (Å²) in [4.78, 5) is 72.6. The lowest BCUT2D eigenvalue weighted by atomic mass is 10.00. The van der Waals surface area contributed by atoms with Gasteiger partial charge in [-0.05, 0) is 37.5 Å². The zero-order valence-electron chi connectivity index (χ0n) is 61.3. The molecule has 0 bridgehead atoms. The molecule has 0 spiro atoms. The molecule has 0 aliphatic heterocycles. The molecule has 0 amide bonds. The van der Waals surface area contributed by atoms with Crippen LogP contribution in [0.25, 0.3) is 0 Å². The van der Waals surface area contributed by atoms with Gasteiger partial charge in [0.05, 0.1) is 26.4 Å². The van der Waals surface area contributed by atoms with Crippen molar-refractivity contribution >= 4 is 39.5 Å². The smallest absolute Gasteiger partial charge is 0.462 e. The Morgan fingerprint density at radius 1 is 0.309 bits per heavy atom. The number of ether oxygens (including phenoxy) is 4. The first-order valence-corrected chi connectivity index (χ1v) is 42.0. The summed E-state index contributed by atoms with van der Waals surface area (Å²) in [5.41, 5.74) is 0. The molecule has 0 heterocycles. The number of hydrogen-bond acceptors (Lipinski definition) is 15. The highest BCUT2D eigenvalue weighted by Gasteiger charge is 2.30. The van der Waals surface area contributed by atoms with Crippen LogP contribution in [-0.4, -0.2) is 96.7 Å². The van der Waals surface area contributed by atoms with Gasteiger partial charge in [0.15, 0.2) is 12.2 Å². The van der Waals surface area contributed by atoms with Crippen LogP contribution in [-0.2, 0) is 65.4 Å². The van der Waals surface area contributed by atoms with Crippen LogP contribution in [0.15, 0.2) is 0 Å². The fourth-order valence-electron chi connectivity index (χ4n) is 11.4. The lowest BCUT2D eigenvalue weighted by Crippen LogP contribution is -2.30. The number of unbranched alkanes of at least 4 members (excludes halogenated alkanes) is 43. The van der Waals surface area contributed by atoms with Crippen LogP contribution in [0.3, 0.4) is 0 Å². The van der Waals surface area contributed by atoms with Crippen molar-refractivity contribution in [2.45, 2.75) is 407 Å². The van der Waals surface area contributed by atoms with E-state index in [1.165, 1.54) is 199 Å². The molecule has 17 nitrogen and oxygen atoms in total. The number of hydrogen-bond donors (Lipinski definition) is 3. The zero-order chi connectivity index (χ0) is 69.3. The van der Waals surface area contributed by atoms with Gasteiger partial charge in [0, 0.05) is 25.7 Å². The first-order chi connectivity index (χ1) is 45.4. The predicted molar refractivity (Wildman–Crippen MR) is 381 cm³/mol. The van der Waals surface area contributed by atoms with Crippen LogP contribution in [0.1, 0.15) is 388 Å². The summed E-state index contributed by atoms with van der Waals surface area (Å²) in [6, 6.07) is 0. The molecule has 0 aromatic carbocycles. The van der Waals surface area contributed by atoms with Crippen LogP contribution < -0.4 is 0 Å². The minimum Gasteiger partial charge on any atom is -0.462 e. The second-order valence-electron chi connectivity index (χ2n) is 27.8. The van der Waals surface area contributed by atoms with Crippen LogP contribution >= 0.6 is 15.6 Å². The highest BCUT2D eigenvalue weighted by molar-refractivity contribution is 7.47. The Labute approximate surface area is 575 Å². The summed E-state index contributed by atoms with van der Waals surface area (Å²) in [6.07, 6.45) is 54.3. The second kappa shape index (κ2) is 66.9. The predicted octanol–water partition coefficient (Wildman–Crippen LogP) is 21.9. The first-order valence-electron chi connectivity index (χ1n) is 39.0. The van der Waals surface area contributed by atoms with E-state index in [1.807, 2.05) is 0 Å². The number of phosphoric ester groups is 2. The number of aliphatic hydroxyl groups excluding tert-OH is 1. The summed E-state index contributed by atoms with van der Waals surface area (Å²) in [5.74, 6) is -0.593. The molecule has 0 radical (unpaired) electrons. The van der Waals surface area contributed by atoms with Crippen LogP contribution in [0.2, 0.25) is 0 Å². The molecule has 558 valence electrons. The third-order valence-electron chi connectivity index (χ3n) is 17.8. The molecular formula is C75H146O17P2. The molecule has 0 aromatic heterocycles. The number of esters is 4. The lowest BCUT2D eigenvalue weighted by molar-refractivity contribution is -0.161. The Bertz CT molecular complexity index is 1820. The fraction of sp³-hybridized carbons (Fsp3) is 0.947. The van der Waals surface area contributed by atoms with E-state index in [-0.39, 0.29) is 25.7 Å². The summed E-state index contributed by atoms with van der Waals surface area (Å²) in [7, 11) is -9.90. The molecule has 0 aromatic rings. The van der Waals surface area contributed by atoms with E-state index in [1.54, 1.807) is 0 Å². The molecule has 0 aliphatic rings. The molecule has 3 unspecified atom stereocenters. The Morgan fingerprint density at radius 3 is 0.809 bits per heavy atom. The van der Waals surface area contributed by atoms with Gasteiger partial charge in [-0.2, -0.15) is 0 Å². The van der Waals surface area contributed by atoms with Crippen LogP contribution in [0, 0.1) is 11.8 Å². The number of aliphatic hydroxyl groups is 1. The molecule has 6 atom stereocenters. The van der Waals surface area contributed by atoms with Crippen molar-refractivity contribution in [1.82, 2.24) is 0 Å². The second-order valence-corrected chi connectivity index (χ2v) is 30.7. The van der Waals surface area contributed by atoms with Gasteiger partial charge in [-0.25, -0.2) is 9.13 Å². The molecule has 0 rings (SSSR count). The van der Waals surface area contributed by atoms with Gasteiger partial charge in [0.25, 0.3) is 0 Å². The van der Waals surface area contributed by atoms with Crippen molar-refractivity contribution in [3.05, 3.63) is 0 Å². The molecule has 19 heteroatoms. The maximum Gasteiger partial charge on any atom is 0.472 e. The molecular weight excluding hydrogens is 1230 g/mol. The Kier molecular flexibility index (Phi) is 65.5. The first kappa shape index (κ1) is 92.1. The number of carbonyl (C=O) groups excluding carboxylic acids is 4. The normalized spacial score (nSPS) is 14.3. The quantitative estimate of drug-likeness (QED) is 0.0222. The third-order valence-corrected chi connectivity index (χ3v) is 19.7. The van der Waals surface area contributed by atoms with Crippen molar-refractivity contribution in [2.24, 2.45) is 11.8 Å². The van der Waals surface area contributed by atoms with E-state index < -0.39 is 97.5 Å². The van der Waals surface area contributed by atoms with Gasteiger partial charge in [-0.1, -0.05) is 337 Å². The minimum atomic E-state index is -4.96. The van der Waals surface area contributed by atoms with Crippen molar-refractivity contribution < 1.29 is 80.2 Å². The standard InChI is InChI=1S/C75H146O17P2/c1-7-10-12-14-16-18-19-20-21-22-26-29-32-35-39-46-52-58-73(78)86-63-70(91-74(79)59-53-47-40-36-33-30-27-24-23-25-28-31-34-37-43-49-55-67(4)5)65-89-93(81,82)87-61-69(76)62-88-94(83,84)90-66-71(64-85-72(77)57-51-45-38-17-15-13-11-8-2)92-75(80)60-54-48-42-41-44-50-56-68(6)9-3/h67-71,76H,7-66H2,1-6H3,(H,81,82)(H,83,84)/t68?,69-,70-,71-/m1/s1. The Hall–Kier alpha value is -1.94. The average Bonchev–Trinajstić information content (AvgIpc) is 1.24. The molecule has 0 saturated carbocycles. The average molecular weight is 1380 g/mol. The molecule has 0 fully saturated rings. The van der Waals surface area contributed by atoms with Crippen LogP contribution in [0.5, 0.6) is 0 Å². The maximum atomic E-state index is 13.1. The van der Waals surface area contributed by atoms with E-state index in [4.69, 9.17) is 37.0 Å². The van der Waals surface area contributed by atoms with E-state index in [2.05, 4.69) is 41.5 Å². The van der Waals surface area contributed by atoms with Gasteiger partial charge < -0.3 is 33.8 Å². The highest BCUT2D eigenvalue weighted by Crippen LogP contribution is 2.45. The summed E-state index contributed by atoms with van der Waals surface area (Å²) in [5, 5.41) is 10.6. The minimum absolute atomic E-state index is 0.103. The monoisotopic (exact) mass is 1380 g/mol. The Balaban J connectivity index is 5.19. The van der Waals surface area contributed by atoms with E-state index >= 15 is 0 Å². The van der Waals surface area contributed by atoms with E-state index in [0.717, 1.165) is 108 Å². The zero-order valence-corrected chi connectivity index (χ0v) is 63.1. The van der Waals surface area contributed by atoms with Crippen LogP contribution in [0.4, 0.5) is 0 Å². The highest BCUT2D eigenvalue weighted by atomic mass is 31.2. The topological polar surface area (TPSA) is 237 Å². The summed E-state index contributed by atoms with van der Waals surface area (Å²) < 4.78 is 68.4. The summed E-state index contributed by atoms with van der Waals surface area (Å²) >= 11 is 0. The Morgan fingerprint density at radius 2 is 0.543 bits per heavy atom. The third kappa shape index (κ3) is 67.3. The molecule has 3 N–H and O–H groups in total. The van der Waals surface area contributed by atoms with Gasteiger partial charge in [-0.3, -0.25) is 37.3 Å². The van der Waals surface area contributed by atoms with Gasteiger partial charge >= 0.3 is 39.5 Å². The SMILES string of the molecule is CCCCCCCCCCCCCCCCCCCC(=O)OC[C@H](COP(=O)(O)OC[C@@H](O)COP(=O)(O)OC[C@@H](COC(=O)CCCCCCCCCC)OC(=O)CCCCCCCCC(C)CC)OC(=O)CCCCCCCCCCCCCCCCCCC(C)C. The number of carbonyl (C=O) groups is 4. The van der Waals surface area contributed by atoms with E-state index in [9.17, 15) is 43.2 Å². The van der Waals surface area contributed by atoms with E-state index in [0.29, 0.717) is 25.7 Å². The van der Waals surface area contributed by atoms with Crippen molar-refractivity contribution in [3.63, 3.8) is 0 Å². The lowest BCUT2D eigenvalue weighted by Gasteiger charge is -2.21. The molecule has 0 aliphatic carbocycles. The van der Waals surface area contributed by atoms with Gasteiger partial charge in [0.2, 0.25) is 0 Å². The van der Waals surface area contributed by atoms with Gasteiger partial charge in [-0.15, -0.1) is 0 Å². The number of phosphoric acid groups is 2. The largest absolute Gasteiger partial charge is 0.472 e. The summed E-state index contributed by atoms with van der Waals surface area (Å²) in [6.45, 7) is 9.54.